The molecule has 0 aliphatic carbocycles. The zero-order valence-electron chi connectivity index (χ0n) is 12.7. The monoisotopic (exact) mass is 356 g/mol. The highest BCUT2D eigenvalue weighted by Gasteiger charge is 2.36. The van der Waals surface area contributed by atoms with Crippen molar-refractivity contribution in [2.75, 3.05) is 19.5 Å². The van der Waals surface area contributed by atoms with E-state index in [1.54, 1.807) is 14.2 Å². The van der Waals surface area contributed by atoms with Gasteiger partial charge in [-0.15, -0.1) is 0 Å². The average molecular weight is 358 g/mol. The highest BCUT2D eigenvalue weighted by Crippen LogP contribution is 2.35. The van der Waals surface area contributed by atoms with Gasteiger partial charge in [0, 0.05) is 25.5 Å². The minimum atomic E-state index is -0.953. The van der Waals surface area contributed by atoms with Crippen LogP contribution in [0.4, 0.5) is 0 Å². The molecule has 0 amide bonds. The Bertz CT molecular complexity index is 199. The Hall–Kier alpha value is 0.690. The third-order valence-electron chi connectivity index (χ3n) is 3.64. The van der Waals surface area contributed by atoms with E-state index < -0.39 is 5.25 Å². The summed E-state index contributed by atoms with van der Waals surface area (Å²) in [4.78, 5) is 0. The van der Waals surface area contributed by atoms with Crippen LogP contribution in [-0.2, 0) is 9.47 Å². The smallest absolute Gasteiger partial charge is 0.250 e. The van der Waals surface area contributed by atoms with E-state index in [0.717, 1.165) is 24.6 Å². The van der Waals surface area contributed by atoms with Gasteiger partial charge in [-0.05, 0) is 19.3 Å². The van der Waals surface area contributed by atoms with Crippen LogP contribution in [0.1, 0.15) is 64.7 Å². The molecule has 0 fully saturated rings. The summed E-state index contributed by atoms with van der Waals surface area (Å²) in [6.07, 6.45) is 11.0. The second kappa shape index (κ2) is 12.4. The van der Waals surface area contributed by atoms with Gasteiger partial charge in [0.25, 0.3) is 5.25 Å². The molecule has 116 valence electrons. The summed E-state index contributed by atoms with van der Waals surface area (Å²) in [7, 11) is 3.25. The molecular formula is C15H30BrClO2. The molecule has 0 aliphatic rings. The van der Waals surface area contributed by atoms with E-state index in [1.807, 2.05) is 0 Å². The van der Waals surface area contributed by atoms with Crippen molar-refractivity contribution in [3.8, 4) is 0 Å². The first-order valence-corrected chi connectivity index (χ1v) is 8.99. The molecule has 0 N–H and O–H groups in total. The Morgan fingerprint density at radius 2 is 1.47 bits per heavy atom. The average Bonchev–Trinajstić information content (AvgIpc) is 2.45. The van der Waals surface area contributed by atoms with E-state index in [1.165, 1.54) is 38.5 Å². The minimum absolute atomic E-state index is 0.257. The lowest BCUT2D eigenvalue weighted by Crippen LogP contribution is -2.36. The lowest BCUT2D eigenvalue weighted by Gasteiger charge is -2.32. The zero-order chi connectivity index (χ0) is 14.6. The summed E-state index contributed by atoms with van der Waals surface area (Å²) in [6.45, 7) is 2.25. The Morgan fingerprint density at radius 3 is 2.00 bits per heavy atom. The lowest BCUT2D eigenvalue weighted by molar-refractivity contribution is -0.179. The van der Waals surface area contributed by atoms with Gasteiger partial charge in [-0.2, -0.15) is 0 Å². The fourth-order valence-corrected chi connectivity index (χ4v) is 2.94. The molecule has 0 saturated carbocycles. The third kappa shape index (κ3) is 8.54. The maximum Gasteiger partial charge on any atom is 0.250 e. The van der Waals surface area contributed by atoms with Crippen molar-refractivity contribution in [1.29, 1.82) is 0 Å². The van der Waals surface area contributed by atoms with E-state index in [2.05, 4.69) is 22.9 Å². The number of ether oxygens (including phenoxy) is 2. The van der Waals surface area contributed by atoms with Crippen molar-refractivity contribution in [2.45, 2.75) is 70.0 Å². The Labute approximate surface area is 132 Å². The number of unbranched alkanes of at least 4 members (excludes halogenated alkanes) is 5. The van der Waals surface area contributed by atoms with E-state index in [0.29, 0.717) is 0 Å². The van der Waals surface area contributed by atoms with Crippen molar-refractivity contribution in [3.63, 3.8) is 0 Å². The summed E-state index contributed by atoms with van der Waals surface area (Å²) in [5.74, 6) is 0.257. The topological polar surface area (TPSA) is 18.5 Å². The van der Waals surface area contributed by atoms with Crippen LogP contribution in [0.5, 0.6) is 0 Å². The van der Waals surface area contributed by atoms with Crippen LogP contribution in [0.25, 0.3) is 0 Å². The van der Waals surface area contributed by atoms with Gasteiger partial charge >= 0.3 is 0 Å². The molecule has 0 bridgehead atoms. The van der Waals surface area contributed by atoms with Gasteiger partial charge in [0.15, 0.2) is 0 Å². The lowest BCUT2D eigenvalue weighted by atomic mass is 9.95. The Balaban J connectivity index is 4.05. The minimum Gasteiger partial charge on any atom is -0.340 e. The van der Waals surface area contributed by atoms with Crippen molar-refractivity contribution in [3.05, 3.63) is 0 Å². The number of alkyl halides is 2. The summed E-state index contributed by atoms with van der Waals surface area (Å²) < 4.78 is 10.7. The zero-order valence-corrected chi connectivity index (χ0v) is 15.1. The number of hydrogen-bond donors (Lipinski definition) is 0. The maximum absolute atomic E-state index is 6.41. The normalized spacial score (nSPS) is 13.7. The predicted octanol–water partition coefficient (Wildman–Crippen LogP) is 5.71. The molecule has 0 radical (unpaired) electrons. The molecule has 1 atom stereocenters. The molecule has 0 aromatic carbocycles. The molecule has 0 saturated heterocycles. The molecule has 0 aromatic heterocycles. The largest absolute Gasteiger partial charge is 0.340 e. The van der Waals surface area contributed by atoms with Gasteiger partial charge in [0.1, 0.15) is 0 Å². The molecule has 4 heteroatoms. The highest BCUT2D eigenvalue weighted by atomic mass is 79.9. The first-order valence-electron chi connectivity index (χ1n) is 7.49. The summed E-state index contributed by atoms with van der Waals surface area (Å²) in [5.41, 5.74) is 0. The first kappa shape index (κ1) is 19.7. The van der Waals surface area contributed by atoms with Crippen LogP contribution in [0.15, 0.2) is 0 Å². The van der Waals surface area contributed by atoms with Gasteiger partial charge in [0.05, 0.1) is 0 Å². The quantitative estimate of drug-likeness (QED) is 0.239. The van der Waals surface area contributed by atoms with Crippen molar-refractivity contribution >= 4 is 27.5 Å². The fraction of sp³-hybridized carbons (Fsp3) is 1.00. The van der Waals surface area contributed by atoms with Crippen LogP contribution in [0, 0.1) is 5.92 Å². The Morgan fingerprint density at radius 1 is 0.947 bits per heavy atom. The molecule has 0 aromatic rings. The van der Waals surface area contributed by atoms with Gasteiger partial charge in [-0.25, -0.2) is 0 Å². The molecular weight excluding hydrogens is 328 g/mol. The van der Waals surface area contributed by atoms with Crippen LogP contribution in [0.3, 0.4) is 0 Å². The van der Waals surface area contributed by atoms with Crippen LogP contribution < -0.4 is 0 Å². The number of methoxy groups -OCH3 is 2. The van der Waals surface area contributed by atoms with E-state index in [4.69, 9.17) is 21.1 Å². The summed E-state index contributed by atoms with van der Waals surface area (Å²) in [5, 5.41) is 0.0476. The molecule has 0 spiro atoms. The van der Waals surface area contributed by atoms with E-state index in [9.17, 15) is 0 Å². The van der Waals surface area contributed by atoms with Gasteiger partial charge in [0.2, 0.25) is 0 Å². The Kier molecular flexibility index (Phi) is 12.9. The van der Waals surface area contributed by atoms with E-state index >= 15 is 0 Å². The fourth-order valence-electron chi connectivity index (χ4n) is 2.40. The van der Waals surface area contributed by atoms with Crippen molar-refractivity contribution in [2.24, 2.45) is 5.92 Å². The number of rotatable bonds is 13. The number of hydrogen-bond acceptors (Lipinski definition) is 2. The maximum atomic E-state index is 6.41. The number of halogens is 2. The van der Waals surface area contributed by atoms with Crippen LogP contribution in [-0.4, -0.2) is 24.8 Å². The molecule has 0 rings (SSSR count). The van der Waals surface area contributed by atoms with Crippen LogP contribution >= 0.6 is 27.5 Å². The van der Waals surface area contributed by atoms with Gasteiger partial charge in [-0.1, -0.05) is 73.0 Å². The molecule has 2 nitrogen and oxygen atoms in total. The summed E-state index contributed by atoms with van der Waals surface area (Å²) in [6, 6.07) is 0. The molecule has 0 aliphatic heterocycles. The molecule has 1 unspecified atom stereocenters. The van der Waals surface area contributed by atoms with Crippen molar-refractivity contribution in [1.82, 2.24) is 0 Å². The third-order valence-corrected chi connectivity index (χ3v) is 4.81. The second-order valence-corrected chi connectivity index (χ2v) is 6.40. The predicted molar refractivity (Wildman–Crippen MR) is 87.1 cm³/mol. The molecule has 19 heavy (non-hydrogen) atoms. The SMILES string of the molecule is CCCCCCCCC(CCCBr)C(Cl)(OC)OC. The van der Waals surface area contributed by atoms with E-state index in [-0.39, 0.29) is 5.92 Å². The molecule has 0 heterocycles. The first-order chi connectivity index (χ1) is 9.14. The van der Waals surface area contributed by atoms with Crippen LogP contribution in [0.2, 0.25) is 0 Å². The standard InChI is InChI=1S/C15H30BrClO2/c1-4-5-6-7-8-9-11-14(12-10-13-16)15(17,18-2)19-3/h14H,4-13H2,1-3H3. The van der Waals surface area contributed by atoms with Crippen molar-refractivity contribution < 1.29 is 9.47 Å². The second-order valence-electron chi connectivity index (χ2n) is 5.08. The van der Waals surface area contributed by atoms with Gasteiger partial charge in [-0.3, -0.25) is 0 Å². The highest BCUT2D eigenvalue weighted by molar-refractivity contribution is 9.09. The summed E-state index contributed by atoms with van der Waals surface area (Å²) >= 11 is 9.89. The van der Waals surface area contributed by atoms with Gasteiger partial charge < -0.3 is 9.47 Å².